The van der Waals surface area contributed by atoms with Crippen LogP contribution in [0.5, 0.6) is 0 Å². The molecule has 8 heteroatoms. The Balaban J connectivity index is 0.00000256. The molecule has 1 N–H and O–H groups in total. The van der Waals surface area contributed by atoms with Crippen LogP contribution < -0.4 is 5.32 Å². The summed E-state index contributed by atoms with van der Waals surface area (Å²) in [6.45, 7) is 2.31. The van der Waals surface area contributed by atoms with Crippen molar-refractivity contribution in [3.05, 3.63) is 87.3 Å². The van der Waals surface area contributed by atoms with E-state index in [1.54, 1.807) is 0 Å². The summed E-state index contributed by atoms with van der Waals surface area (Å²) in [6.07, 6.45) is 0.711. The van der Waals surface area contributed by atoms with Crippen molar-refractivity contribution in [2.45, 2.75) is 19.5 Å². The van der Waals surface area contributed by atoms with Crippen LogP contribution in [0.1, 0.15) is 31.9 Å². The van der Waals surface area contributed by atoms with E-state index >= 15 is 0 Å². The van der Waals surface area contributed by atoms with Crippen molar-refractivity contribution in [1.82, 2.24) is 4.90 Å². The van der Waals surface area contributed by atoms with Crippen LogP contribution >= 0.6 is 23.7 Å². The highest BCUT2D eigenvalue weighted by molar-refractivity contribution is 7.16. The second-order valence-electron chi connectivity index (χ2n) is 6.84. The number of nitriles is 1. The number of carbonyl (C=O) groups is 1. The van der Waals surface area contributed by atoms with Crippen LogP contribution in [-0.4, -0.2) is 17.4 Å². The van der Waals surface area contributed by atoms with Crippen LogP contribution in [0.4, 0.5) is 13.8 Å². The van der Waals surface area contributed by atoms with E-state index in [-0.39, 0.29) is 18.0 Å². The van der Waals surface area contributed by atoms with E-state index < -0.39 is 17.5 Å². The lowest BCUT2D eigenvalue weighted by atomic mass is 10.0. The largest absolute Gasteiger partial charge is 0.312 e. The normalized spacial score (nSPS) is 13.1. The molecule has 0 unspecified atom stereocenters. The molecule has 4 nitrogen and oxygen atoms in total. The zero-order valence-corrected chi connectivity index (χ0v) is 17.5. The van der Waals surface area contributed by atoms with Crippen molar-refractivity contribution in [1.29, 1.82) is 5.26 Å². The molecule has 0 spiro atoms. The average Bonchev–Trinajstić information content (AvgIpc) is 3.04. The second-order valence-corrected chi connectivity index (χ2v) is 7.95. The molecule has 1 aliphatic heterocycles. The zero-order chi connectivity index (χ0) is 20.4. The van der Waals surface area contributed by atoms with Crippen LogP contribution in [0, 0.1) is 23.0 Å². The minimum atomic E-state index is -0.934. The first-order valence-electron chi connectivity index (χ1n) is 9.12. The smallest absolute Gasteiger partial charge is 0.259 e. The monoisotopic (exact) mass is 445 g/mol. The number of hydrogen-bond acceptors (Lipinski definition) is 4. The molecule has 0 aliphatic carbocycles. The number of hydrogen-bond donors (Lipinski definition) is 1. The molecule has 3 aromatic rings. The Kier molecular flexibility index (Phi) is 6.83. The number of nitrogens with zero attached hydrogens (tertiary/aromatic N) is 2. The maximum absolute atomic E-state index is 13.9. The van der Waals surface area contributed by atoms with Gasteiger partial charge in [0.25, 0.3) is 5.91 Å². The molecule has 1 aromatic heterocycles. The molecular formula is C22H18ClF2N3OS. The lowest BCUT2D eigenvalue weighted by Crippen LogP contribution is -2.29. The summed E-state index contributed by atoms with van der Waals surface area (Å²) in [5.41, 5.74) is 2.33. The molecule has 1 aliphatic rings. The van der Waals surface area contributed by atoms with Crippen molar-refractivity contribution in [3.8, 4) is 6.07 Å². The highest BCUT2D eigenvalue weighted by Gasteiger charge is 2.26. The van der Waals surface area contributed by atoms with Crippen LogP contribution in [0.25, 0.3) is 0 Å². The molecule has 0 saturated heterocycles. The van der Waals surface area contributed by atoms with Crippen LogP contribution in [0.3, 0.4) is 0 Å². The van der Waals surface area contributed by atoms with Gasteiger partial charge in [0, 0.05) is 30.6 Å². The van der Waals surface area contributed by atoms with E-state index in [1.807, 2.05) is 18.2 Å². The fourth-order valence-electron chi connectivity index (χ4n) is 3.48. The predicted molar refractivity (Wildman–Crippen MR) is 115 cm³/mol. The van der Waals surface area contributed by atoms with Gasteiger partial charge in [-0.3, -0.25) is 9.69 Å². The summed E-state index contributed by atoms with van der Waals surface area (Å²) in [7, 11) is 0. The van der Waals surface area contributed by atoms with Crippen molar-refractivity contribution >= 4 is 34.7 Å². The number of rotatable bonds is 4. The van der Waals surface area contributed by atoms with Crippen molar-refractivity contribution < 1.29 is 13.6 Å². The number of carbonyl (C=O) groups excluding carboxylic acids is 1. The van der Waals surface area contributed by atoms with Crippen molar-refractivity contribution in [3.63, 3.8) is 0 Å². The predicted octanol–water partition coefficient (Wildman–Crippen LogP) is 5.13. The molecule has 0 fully saturated rings. The molecule has 2 aromatic carbocycles. The molecule has 154 valence electrons. The molecule has 0 atom stereocenters. The van der Waals surface area contributed by atoms with Crippen LogP contribution in [0.15, 0.2) is 48.5 Å². The number of halogens is 3. The minimum Gasteiger partial charge on any atom is -0.312 e. The van der Waals surface area contributed by atoms with E-state index in [0.29, 0.717) is 29.6 Å². The molecule has 4 rings (SSSR count). The topological polar surface area (TPSA) is 56.1 Å². The lowest BCUT2D eigenvalue weighted by molar-refractivity contribution is 0.102. The Labute approximate surface area is 183 Å². The van der Waals surface area contributed by atoms with Gasteiger partial charge in [0.15, 0.2) is 0 Å². The molecule has 0 bridgehead atoms. The maximum Gasteiger partial charge on any atom is 0.259 e. The molecule has 0 saturated carbocycles. The first-order valence-corrected chi connectivity index (χ1v) is 9.94. The average molecular weight is 446 g/mol. The quantitative estimate of drug-likeness (QED) is 0.605. The van der Waals surface area contributed by atoms with Gasteiger partial charge in [0.2, 0.25) is 0 Å². The van der Waals surface area contributed by atoms with Gasteiger partial charge in [0.05, 0.1) is 11.1 Å². The Bertz CT molecular complexity index is 1110. The van der Waals surface area contributed by atoms with E-state index in [0.717, 1.165) is 35.7 Å². The van der Waals surface area contributed by atoms with Gasteiger partial charge >= 0.3 is 0 Å². The van der Waals surface area contributed by atoms with E-state index in [4.69, 9.17) is 0 Å². The van der Waals surface area contributed by atoms with E-state index in [1.165, 1.54) is 16.9 Å². The fourth-order valence-corrected chi connectivity index (χ4v) is 4.72. The Morgan fingerprint density at radius 2 is 1.97 bits per heavy atom. The van der Waals surface area contributed by atoms with Gasteiger partial charge in [-0.15, -0.1) is 23.7 Å². The Morgan fingerprint density at radius 3 is 2.67 bits per heavy atom. The first kappa shape index (κ1) is 21.9. The number of anilines is 1. The summed E-state index contributed by atoms with van der Waals surface area (Å²) in [4.78, 5) is 15.8. The third-order valence-corrected chi connectivity index (χ3v) is 6.03. The highest BCUT2D eigenvalue weighted by Crippen LogP contribution is 2.37. The van der Waals surface area contributed by atoms with Crippen LogP contribution in [-0.2, 0) is 19.5 Å². The third kappa shape index (κ3) is 4.51. The summed E-state index contributed by atoms with van der Waals surface area (Å²) < 4.78 is 27.0. The highest BCUT2D eigenvalue weighted by atomic mass is 35.5. The molecule has 2 heterocycles. The van der Waals surface area contributed by atoms with Gasteiger partial charge < -0.3 is 5.32 Å². The van der Waals surface area contributed by atoms with Crippen molar-refractivity contribution in [2.75, 3.05) is 11.9 Å². The second kappa shape index (κ2) is 9.35. The SMILES string of the molecule is Cl.N#Cc1c(NC(=O)c2ccc(F)cc2F)sc2c1CCN(Cc1ccccc1)C2. The standard InChI is InChI=1S/C22H17F2N3OS.ClH/c23-15-6-7-17(19(24)10-15)21(28)26-22-18(11-25)16-8-9-27(13-20(16)29-22)12-14-4-2-1-3-5-14;/h1-7,10H,8-9,12-13H2,(H,26,28);1H. The van der Waals surface area contributed by atoms with Crippen LogP contribution in [0.2, 0.25) is 0 Å². The molecule has 0 radical (unpaired) electrons. The van der Waals surface area contributed by atoms with Gasteiger partial charge in [0.1, 0.15) is 22.7 Å². The minimum absolute atomic E-state index is 0. The fraction of sp³-hybridized carbons (Fsp3) is 0.182. The number of nitrogens with one attached hydrogen (secondary N) is 1. The molecular weight excluding hydrogens is 428 g/mol. The maximum atomic E-state index is 13.9. The number of amides is 1. The third-order valence-electron chi connectivity index (χ3n) is 4.90. The Hall–Kier alpha value is -2.79. The summed E-state index contributed by atoms with van der Waals surface area (Å²) in [5.74, 6) is -2.38. The van der Waals surface area contributed by atoms with E-state index in [2.05, 4.69) is 28.4 Å². The molecule has 30 heavy (non-hydrogen) atoms. The summed E-state index contributed by atoms with van der Waals surface area (Å²) >= 11 is 1.34. The number of benzene rings is 2. The first-order chi connectivity index (χ1) is 14.0. The molecule has 1 amide bonds. The lowest BCUT2D eigenvalue weighted by Gasteiger charge is -2.26. The summed E-state index contributed by atoms with van der Waals surface area (Å²) in [6, 6.07) is 15.1. The van der Waals surface area contributed by atoms with E-state index in [9.17, 15) is 18.8 Å². The number of thiophene rings is 1. The number of fused-ring (bicyclic) bond motifs is 1. The van der Waals surface area contributed by atoms with Gasteiger partial charge in [-0.1, -0.05) is 30.3 Å². The zero-order valence-electron chi connectivity index (χ0n) is 15.8. The summed E-state index contributed by atoms with van der Waals surface area (Å²) in [5, 5.41) is 12.7. The van der Waals surface area contributed by atoms with Gasteiger partial charge in [-0.2, -0.15) is 5.26 Å². The van der Waals surface area contributed by atoms with Crippen molar-refractivity contribution in [2.24, 2.45) is 0 Å². The van der Waals surface area contributed by atoms with Gasteiger partial charge in [-0.05, 0) is 29.7 Å². The van der Waals surface area contributed by atoms with Gasteiger partial charge in [-0.25, -0.2) is 8.78 Å². The Morgan fingerprint density at radius 1 is 1.20 bits per heavy atom.